The first-order valence-electron chi connectivity index (χ1n) is 18.6. The summed E-state index contributed by atoms with van der Waals surface area (Å²) >= 11 is 0. The molecule has 0 aromatic rings. The highest BCUT2D eigenvalue weighted by Crippen LogP contribution is 2.76. The predicted octanol–water partition coefficient (Wildman–Crippen LogP) is 8.91. The number of esters is 1. The number of urea groups is 1. The lowest BCUT2D eigenvalue weighted by Crippen LogP contribution is -2.69. The number of amides is 2. The van der Waals surface area contributed by atoms with E-state index in [2.05, 4.69) is 58.8 Å². The van der Waals surface area contributed by atoms with Gasteiger partial charge in [-0.05, 0) is 152 Å². The Labute approximate surface area is 285 Å². The first kappa shape index (κ1) is 36.2. The van der Waals surface area contributed by atoms with Crippen molar-refractivity contribution in [3.63, 3.8) is 0 Å². The van der Waals surface area contributed by atoms with Gasteiger partial charge in [-0.2, -0.15) is 0 Å². The van der Waals surface area contributed by atoms with Crippen molar-refractivity contribution in [3.05, 3.63) is 12.2 Å². The largest absolute Gasteiger partial charge is 0.481 e. The zero-order chi connectivity index (χ0) is 35.2. The highest BCUT2D eigenvalue weighted by molar-refractivity contribution is 5.81. The number of hydrogen-bond donors (Lipinski definition) is 3. The molecule has 266 valence electrons. The fourth-order valence-corrected chi connectivity index (χ4v) is 12.8. The van der Waals surface area contributed by atoms with E-state index in [4.69, 9.17) is 4.74 Å². The lowest BCUT2D eigenvalue weighted by Gasteiger charge is -2.73. The van der Waals surface area contributed by atoms with Crippen LogP contribution in [0.5, 0.6) is 0 Å². The minimum atomic E-state index is -1.14. The Morgan fingerprint density at radius 3 is 2.09 bits per heavy atom. The smallest absolute Gasteiger partial charge is 0.315 e. The van der Waals surface area contributed by atoms with Crippen LogP contribution < -0.4 is 10.6 Å². The number of fused-ring (bicyclic) bond motifs is 7. The van der Waals surface area contributed by atoms with Gasteiger partial charge in [0.1, 0.15) is 6.10 Å². The second-order valence-electron chi connectivity index (χ2n) is 19.9. The number of ether oxygens (including phenoxy) is 1. The summed E-state index contributed by atoms with van der Waals surface area (Å²) < 4.78 is 6.16. The van der Waals surface area contributed by atoms with Crippen LogP contribution in [0.2, 0.25) is 0 Å². The van der Waals surface area contributed by atoms with E-state index in [1.54, 1.807) is 13.8 Å². The van der Waals surface area contributed by atoms with E-state index in [1.165, 1.54) is 18.4 Å². The molecule has 0 aromatic heterocycles. The summed E-state index contributed by atoms with van der Waals surface area (Å²) in [5.74, 6) is 0.980. The molecule has 0 aromatic carbocycles. The summed E-state index contributed by atoms with van der Waals surface area (Å²) in [4.78, 5) is 38.2. The lowest BCUT2D eigenvalue weighted by molar-refractivity contribution is -0.246. The Kier molecular flexibility index (Phi) is 8.87. The summed E-state index contributed by atoms with van der Waals surface area (Å²) in [6, 6.07) is -0.0346. The molecule has 0 bridgehead atoms. The van der Waals surface area contributed by atoms with E-state index in [9.17, 15) is 19.5 Å². The Morgan fingerprint density at radius 2 is 1.49 bits per heavy atom. The molecule has 5 fully saturated rings. The van der Waals surface area contributed by atoms with E-state index in [0.29, 0.717) is 29.6 Å². The second kappa shape index (κ2) is 11.5. The van der Waals surface area contributed by atoms with Crippen molar-refractivity contribution >= 4 is 18.0 Å². The van der Waals surface area contributed by atoms with Gasteiger partial charge < -0.3 is 20.5 Å². The van der Waals surface area contributed by atoms with Gasteiger partial charge in [-0.15, -0.1) is 0 Å². The number of nitrogens with one attached hydrogen (secondary N) is 2. The van der Waals surface area contributed by atoms with Crippen molar-refractivity contribution in [3.8, 4) is 0 Å². The van der Waals surface area contributed by atoms with Crippen molar-refractivity contribution in [2.45, 2.75) is 164 Å². The summed E-state index contributed by atoms with van der Waals surface area (Å²) in [6.07, 6.45) is 10.5. The van der Waals surface area contributed by atoms with E-state index >= 15 is 0 Å². The molecule has 7 heteroatoms. The van der Waals surface area contributed by atoms with Gasteiger partial charge in [-0.25, -0.2) is 4.79 Å². The third kappa shape index (κ3) is 5.75. The zero-order valence-corrected chi connectivity index (χ0v) is 31.5. The Bertz CT molecular complexity index is 1300. The standard InChI is InChI=1S/C40H66N2O5/c1-24(2)25-15-20-40(42-33(46)41-34(3,4)5)22-21-38(11)26(31(25)40)13-14-28-37(10)18-17-29(47-30(43)23-35(6,7)32(44)45)36(8,9)27(37)16-19-39(28,38)12/h25-29,31H,1,13-23H2,2-12H3,(H,44,45)(H2,41,42,46)/t25-,26+,27?,28?,29-,31+,37-,38+,39+,40-/m0/s1. The monoisotopic (exact) mass is 654 g/mol. The molecule has 5 aliphatic carbocycles. The maximum absolute atomic E-state index is 13.4. The molecule has 0 aliphatic heterocycles. The van der Waals surface area contributed by atoms with Crippen LogP contribution in [0.15, 0.2) is 12.2 Å². The fourth-order valence-electron chi connectivity index (χ4n) is 12.8. The van der Waals surface area contributed by atoms with Crippen molar-refractivity contribution in [1.82, 2.24) is 10.6 Å². The summed E-state index contributed by atoms with van der Waals surface area (Å²) in [7, 11) is 0. The van der Waals surface area contributed by atoms with E-state index in [1.807, 2.05) is 20.8 Å². The predicted molar refractivity (Wildman–Crippen MR) is 187 cm³/mol. The number of carboxylic acid groups (broad SMARTS) is 1. The summed E-state index contributed by atoms with van der Waals surface area (Å²) in [5, 5.41) is 16.4. The van der Waals surface area contributed by atoms with Gasteiger partial charge >= 0.3 is 18.0 Å². The molecule has 5 aliphatic rings. The average molecular weight is 655 g/mol. The Hall–Kier alpha value is -2.05. The lowest BCUT2D eigenvalue weighted by atomic mass is 9.32. The third-order valence-electron chi connectivity index (χ3n) is 15.3. The number of hydrogen-bond acceptors (Lipinski definition) is 4. The second-order valence-corrected chi connectivity index (χ2v) is 19.9. The van der Waals surface area contributed by atoms with Crippen LogP contribution in [-0.2, 0) is 14.3 Å². The quantitative estimate of drug-likeness (QED) is 0.196. The molecular formula is C40H66N2O5. The molecular weight excluding hydrogens is 588 g/mol. The number of carbonyl (C=O) groups excluding carboxylic acids is 2. The van der Waals surface area contributed by atoms with Gasteiger partial charge in [0.15, 0.2) is 0 Å². The molecule has 5 saturated carbocycles. The average Bonchev–Trinajstić information content (AvgIpc) is 3.28. The number of aliphatic carboxylic acids is 1. The van der Waals surface area contributed by atoms with Crippen molar-refractivity contribution < 1.29 is 24.2 Å². The van der Waals surface area contributed by atoms with Crippen LogP contribution in [0, 0.1) is 56.7 Å². The number of allylic oxidation sites excluding steroid dienone is 1. The zero-order valence-electron chi connectivity index (χ0n) is 31.5. The van der Waals surface area contributed by atoms with Gasteiger partial charge in [0.25, 0.3) is 0 Å². The Balaban J connectivity index is 1.41. The topological polar surface area (TPSA) is 105 Å². The number of rotatable bonds is 6. The Morgan fingerprint density at radius 1 is 0.830 bits per heavy atom. The van der Waals surface area contributed by atoms with Gasteiger partial charge in [0.05, 0.1) is 11.8 Å². The van der Waals surface area contributed by atoms with Crippen molar-refractivity contribution in [2.24, 2.45) is 56.7 Å². The third-order valence-corrected chi connectivity index (χ3v) is 15.3. The van der Waals surface area contributed by atoms with Crippen LogP contribution in [0.25, 0.3) is 0 Å². The molecule has 5 rings (SSSR count). The molecule has 10 atom stereocenters. The fraction of sp³-hybridized carbons (Fsp3) is 0.875. The van der Waals surface area contributed by atoms with Gasteiger partial charge in [0, 0.05) is 16.5 Å². The van der Waals surface area contributed by atoms with Gasteiger partial charge in [0.2, 0.25) is 0 Å². The highest BCUT2D eigenvalue weighted by atomic mass is 16.5. The SMILES string of the molecule is C=C(C)[C@@H]1CC[C@]2(NC(=O)NC(C)(C)C)CC[C@]3(C)[C@H](CCC4[C@@]5(C)CC[C@H](OC(=O)CC(C)(C)C(=O)O)C(C)(C)C5CC[C@]43C)[C@@H]12. The summed E-state index contributed by atoms with van der Waals surface area (Å²) in [5.41, 5.74) is -0.0743. The number of carboxylic acids is 1. The molecule has 2 unspecified atom stereocenters. The maximum Gasteiger partial charge on any atom is 0.315 e. The molecule has 0 saturated heterocycles. The molecule has 47 heavy (non-hydrogen) atoms. The number of carbonyl (C=O) groups is 3. The first-order chi connectivity index (χ1) is 21.4. The van der Waals surface area contributed by atoms with Crippen LogP contribution in [0.3, 0.4) is 0 Å². The molecule has 3 N–H and O–H groups in total. The van der Waals surface area contributed by atoms with Crippen molar-refractivity contribution in [2.75, 3.05) is 0 Å². The normalized spacial score (nSPS) is 42.5. The molecule has 7 nitrogen and oxygen atoms in total. The summed E-state index contributed by atoms with van der Waals surface area (Å²) in [6.45, 7) is 28.4. The van der Waals surface area contributed by atoms with Crippen LogP contribution >= 0.6 is 0 Å². The first-order valence-corrected chi connectivity index (χ1v) is 18.6. The minimum absolute atomic E-state index is 0.0346. The molecule has 0 radical (unpaired) electrons. The van der Waals surface area contributed by atoms with E-state index < -0.39 is 17.4 Å². The minimum Gasteiger partial charge on any atom is -0.481 e. The van der Waals surface area contributed by atoms with Crippen LogP contribution in [-0.4, -0.2) is 40.3 Å². The van der Waals surface area contributed by atoms with Gasteiger partial charge in [-0.3, -0.25) is 9.59 Å². The van der Waals surface area contributed by atoms with Crippen LogP contribution in [0.4, 0.5) is 4.79 Å². The molecule has 0 heterocycles. The van der Waals surface area contributed by atoms with E-state index in [-0.39, 0.29) is 51.3 Å². The maximum atomic E-state index is 13.4. The van der Waals surface area contributed by atoms with E-state index in [0.717, 1.165) is 51.4 Å². The van der Waals surface area contributed by atoms with Crippen molar-refractivity contribution in [1.29, 1.82) is 0 Å². The van der Waals surface area contributed by atoms with Gasteiger partial charge in [-0.1, -0.05) is 46.8 Å². The highest BCUT2D eigenvalue weighted by Gasteiger charge is 2.71. The van der Waals surface area contributed by atoms with Crippen LogP contribution in [0.1, 0.15) is 147 Å². The molecule has 0 spiro atoms. The molecule has 2 amide bonds.